The lowest BCUT2D eigenvalue weighted by Gasteiger charge is -2.46. The van der Waals surface area contributed by atoms with Gasteiger partial charge in [-0.05, 0) is 89.5 Å². The Balaban J connectivity index is 1.17. The summed E-state index contributed by atoms with van der Waals surface area (Å²) in [5.74, 6) is 0.518. The van der Waals surface area contributed by atoms with Gasteiger partial charge in [0.05, 0.1) is 23.7 Å². The van der Waals surface area contributed by atoms with Crippen LogP contribution in [0, 0.1) is 5.82 Å². The van der Waals surface area contributed by atoms with Gasteiger partial charge in [0, 0.05) is 37.2 Å². The SMILES string of the molecule is COCOc1cc(Cl)c(C2CC2)c(-c2nc3c4c(nc(OC[C@]56CCCN5C[C@H](F)C6)nc4c2F)N2C[C@H]4CC[C@@H]([C@@H]2CO3)N4C(=O)OC(C)(C)C)c1. The van der Waals surface area contributed by atoms with E-state index in [0.717, 1.165) is 50.6 Å². The summed E-state index contributed by atoms with van der Waals surface area (Å²) < 4.78 is 61.7. The van der Waals surface area contributed by atoms with Crippen molar-refractivity contribution in [3.63, 3.8) is 0 Å². The average Bonchev–Trinajstić information content (AvgIpc) is 3.72. The quantitative estimate of drug-likeness (QED) is 0.231. The van der Waals surface area contributed by atoms with Crippen LogP contribution in [0.15, 0.2) is 12.1 Å². The summed E-state index contributed by atoms with van der Waals surface area (Å²) in [5.41, 5.74) is 0.204. The van der Waals surface area contributed by atoms with E-state index < -0.39 is 23.1 Å². The lowest BCUT2D eigenvalue weighted by atomic mass is 9.95. The van der Waals surface area contributed by atoms with Gasteiger partial charge in [-0.2, -0.15) is 9.97 Å². The van der Waals surface area contributed by atoms with Crippen LogP contribution in [0.3, 0.4) is 0 Å². The number of carbonyl (C=O) groups is 1. The number of anilines is 1. The Morgan fingerprint density at radius 3 is 2.70 bits per heavy atom. The number of benzene rings is 1. The molecule has 9 rings (SSSR count). The van der Waals surface area contributed by atoms with Crippen LogP contribution in [0.4, 0.5) is 19.4 Å². The predicted molar refractivity (Wildman–Crippen MR) is 192 cm³/mol. The summed E-state index contributed by atoms with van der Waals surface area (Å²) in [6, 6.07) is 2.73. The highest BCUT2D eigenvalue weighted by molar-refractivity contribution is 6.32. The summed E-state index contributed by atoms with van der Waals surface area (Å²) in [4.78, 5) is 34.2. The molecule has 1 aliphatic carbocycles. The molecule has 4 saturated heterocycles. The second-order valence-electron chi connectivity index (χ2n) is 16.4. The zero-order chi connectivity index (χ0) is 36.8. The monoisotopic (exact) mass is 754 g/mol. The van der Waals surface area contributed by atoms with Crippen LogP contribution in [0.2, 0.25) is 5.02 Å². The van der Waals surface area contributed by atoms with Gasteiger partial charge in [0.2, 0.25) is 5.88 Å². The number of nitrogens with zero attached hydrogens (tertiary/aromatic N) is 6. The molecule has 0 unspecified atom stereocenters. The highest BCUT2D eigenvalue weighted by Crippen LogP contribution is 2.51. The fourth-order valence-electron chi connectivity index (χ4n) is 9.34. The number of pyridine rings is 1. The molecule has 0 N–H and O–H groups in total. The van der Waals surface area contributed by atoms with E-state index in [4.69, 9.17) is 50.2 Å². The number of halogens is 3. The molecule has 1 aromatic carbocycles. The Hall–Kier alpha value is -3.75. The molecule has 0 spiro atoms. The molecule has 15 heteroatoms. The molecule has 3 aromatic rings. The van der Waals surface area contributed by atoms with Crippen molar-refractivity contribution < 1.29 is 37.3 Å². The molecule has 5 atom stereocenters. The maximum atomic E-state index is 17.4. The van der Waals surface area contributed by atoms with Crippen molar-refractivity contribution in [2.45, 2.75) is 107 Å². The average molecular weight is 755 g/mol. The summed E-state index contributed by atoms with van der Waals surface area (Å²) in [7, 11) is 1.52. The largest absolute Gasteiger partial charge is 0.475 e. The van der Waals surface area contributed by atoms with E-state index in [-0.39, 0.29) is 73.2 Å². The first-order valence-electron chi connectivity index (χ1n) is 18.7. The second kappa shape index (κ2) is 12.9. The zero-order valence-electron chi connectivity index (χ0n) is 30.5. The fourth-order valence-corrected chi connectivity index (χ4v) is 9.70. The van der Waals surface area contributed by atoms with Crippen molar-refractivity contribution in [1.29, 1.82) is 0 Å². The van der Waals surface area contributed by atoms with E-state index in [1.54, 1.807) is 12.1 Å². The van der Waals surface area contributed by atoms with Crippen molar-refractivity contribution in [1.82, 2.24) is 24.8 Å². The van der Waals surface area contributed by atoms with E-state index in [1.165, 1.54) is 7.11 Å². The summed E-state index contributed by atoms with van der Waals surface area (Å²) in [6.07, 6.45) is 4.20. The van der Waals surface area contributed by atoms with Gasteiger partial charge in [0.15, 0.2) is 12.6 Å². The summed E-state index contributed by atoms with van der Waals surface area (Å²) in [6.45, 7) is 7.52. The molecule has 12 nitrogen and oxygen atoms in total. The number of methoxy groups -OCH3 is 1. The molecule has 2 bridgehead atoms. The normalized spacial score (nSPS) is 27.8. The van der Waals surface area contributed by atoms with Gasteiger partial charge in [-0.3, -0.25) is 9.80 Å². The number of piperazine rings is 1. The molecular weight excluding hydrogens is 710 g/mol. The number of ether oxygens (including phenoxy) is 5. The minimum absolute atomic E-state index is 0.00164. The number of fused-ring (bicyclic) bond motifs is 6. The maximum absolute atomic E-state index is 17.4. The van der Waals surface area contributed by atoms with E-state index in [0.29, 0.717) is 47.1 Å². The van der Waals surface area contributed by atoms with Gasteiger partial charge in [-0.25, -0.2) is 18.6 Å². The molecule has 1 amide bonds. The van der Waals surface area contributed by atoms with Gasteiger partial charge in [0.1, 0.15) is 53.2 Å². The van der Waals surface area contributed by atoms with E-state index >= 15 is 4.39 Å². The number of carbonyl (C=O) groups excluding carboxylic acids is 1. The van der Waals surface area contributed by atoms with Crippen molar-refractivity contribution in [2.24, 2.45) is 0 Å². The fraction of sp³-hybridized carbons (Fsp3) is 0.632. The Morgan fingerprint density at radius 2 is 1.92 bits per heavy atom. The Morgan fingerprint density at radius 1 is 1.09 bits per heavy atom. The predicted octanol–water partition coefficient (Wildman–Crippen LogP) is 6.65. The first-order chi connectivity index (χ1) is 25.4. The van der Waals surface area contributed by atoms with Crippen LogP contribution in [-0.2, 0) is 9.47 Å². The zero-order valence-corrected chi connectivity index (χ0v) is 31.3. The van der Waals surface area contributed by atoms with Gasteiger partial charge >= 0.3 is 12.1 Å². The first-order valence-corrected chi connectivity index (χ1v) is 19.1. The van der Waals surface area contributed by atoms with Gasteiger partial charge in [-0.1, -0.05) is 11.6 Å². The Bertz CT molecular complexity index is 1960. The van der Waals surface area contributed by atoms with Gasteiger partial charge in [-0.15, -0.1) is 0 Å². The molecule has 7 heterocycles. The topological polar surface area (TPSA) is 112 Å². The highest BCUT2D eigenvalue weighted by atomic mass is 35.5. The van der Waals surface area contributed by atoms with E-state index in [2.05, 4.69) is 9.80 Å². The van der Waals surface area contributed by atoms with Crippen LogP contribution in [0.25, 0.3) is 22.2 Å². The minimum atomic E-state index is -0.930. The molecule has 0 radical (unpaired) electrons. The number of amides is 1. The molecule has 2 aromatic heterocycles. The van der Waals surface area contributed by atoms with Crippen LogP contribution in [0.5, 0.6) is 17.6 Å². The third-order valence-electron chi connectivity index (χ3n) is 11.7. The Labute approximate surface area is 312 Å². The second-order valence-corrected chi connectivity index (χ2v) is 16.8. The summed E-state index contributed by atoms with van der Waals surface area (Å²) >= 11 is 6.86. The van der Waals surface area contributed by atoms with Crippen molar-refractivity contribution >= 4 is 34.4 Å². The maximum Gasteiger partial charge on any atom is 0.410 e. The number of alkyl halides is 1. The molecule has 5 aliphatic heterocycles. The standard InChI is InChI=1S/C38H45ClF2N6O6/c1-37(2,3)53-36(48)47-22-8-9-26(47)27-17-50-34-29-32(30(41)31(42-34)24-12-23(52-19-49-4)13-25(39)28(24)20-6-7-20)43-35(44-33(29)46(27)16-22)51-18-38-10-5-11-45(38)15-21(40)14-38/h12-13,20-22,26-27H,5-11,14-19H2,1-4H3/t21-,22-,26+,27+,38-/m1/s1. The molecular formula is C38H45ClF2N6O6. The summed E-state index contributed by atoms with van der Waals surface area (Å²) in [5, 5.41) is 0.789. The smallest absolute Gasteiger partial charge is 0.410 e. The van der Waals surface area contributed by atoms with E-state index in [9.17, 15) is 9.18 Å². The van der Waals surface area contributed by atoms with Crippen LogP contribution in [0.1, 0.15) is 77.2 Å². The first kappa shape index (κ1) is 35.0. The molecule has 5 fully saturated rings. The molecule has 53 heavy (non-hydrogen) atoms. The van der Waals surface area contributed by atoms with E-state index in [1.807, 2.05) is 25.7 Å². The van der Waals surface area contributed by atoms with Gasteiger partial charge in [0.25, 0.3) is 0 Å². The number of hydrogen-bond donors (Lipinski definition) is 0. The number of hydrogen-bond acceptors (Lipinski definition) is 11. The molecule has 1 saturated carbocycles. The Kier molecular flexibility index (Phi) is 8.54. The highest BCUT2D eigenvalue weighted by Gasteiger charge is 2.53. The molecule has 284 valence electrons. The third kappa shape index (κ3) is 6.08. The van der Waals surface area contributed by atoms with Crippen LogP contribution in [-0.4, -0.2) is 113 Å². The molecule has 6 aliphatic rings. The van der Waals surface area contributed by atoms with Gasteiger partial charge < -0.3 is 28.6 Å². The number of aromatic nitrogens is 3. The van der Waals surface area contributed by atoms with Crippen LogP contribution >= 0.6 is 11.6 Å². The number of rotatable bonds is 8. The van der Waals surface area contributed by atoms with Crippen molar-refractivity contribution in [3.05, 3.63) is 28.5 Å². The lowest BCUT2D eigenvalue weighted by molar-refractivity contribution is 0.00537. The van der Waals surface area contributed by atoms with Crippen molar-refractivity contribution in [3.8, 4) is 28.9 Å². The third-order valence-corrected chi connectivity index (χ3v) is 12.0. The van der Waals surface area contributed by atoms with Crippen LogP contribution < -0.4 is 19.1 Å². The minimum Gasteiger partial charge on any atom is -0.475 e. The van der Waals surface area contributed by atoms with Crippen molar-refractivity contribution in [2.75, 3.05) is 51.7 Å². The lowest BCUT2D eigenvalue weighted by Crippen LogP contribution is -2.63.